The van der Waals surface area contributed by atoms with Gasteiger partial charge in [-0.15, -0.1) is 0 Å². The smallest absolute Gasteiger partial charge is 0.461 e. The average molecular weight is 533 g/mol. The number of methoxy groups -OCH3 is 1. The molecule has 7 nitrogen and oxygen atoms in total. The number of halogens is 8. The number of imidazole rings is 1. The molecule has 1 unspecified atom stereocenters. The van der Waals surface area contributed by atoms with Gasteiger partial charge >= 0.3 is 25.1 Å². The van der Waals surface area contributed by atoms with Crippen molar-refractivity contribution in [2.45, 2.75) is 42.9 Å². The predicted molar refractivity (Wildman–Crippen MR) is 105 cm³/mol. The van der Waals surface area contributed by atoms with Gasteiger partial charge in [-0.05, 0) is 13.0 Å². The predicted octanol–water partition coefficient (Wildman–Crippen LogP) is 5.06. The van der Waals surface area contributed by atoms with Crippen molar-refractivity contribution in [3.05, 3.63) is 35.7 Å². The zero-order valence-electron chi connectivity index (χ0n) is 17.6. The second kappa shape index (κ2) is 9.83. The first-order valence-electron chi connectivity index (χ1n) is 9.35. The Hall–Kier alpha value is -3.17. The fraction of sp³-hybridized carbons (Fsp3) is 0.368. The Morgan fingerprint density at radius 3 is 2.11 bits per heavy atom. The third-order valence-corrected chi connectivity index (χ3v) is 5.65. The molecule has 16 heteroatoms. The Kier molecular flexibility index (Phi) is 7.42. The van der Waals surface area contributed by atoms with Gasteiger partial charge in [0.25, 0.3) is 0 Å². The highest BCUT2D eigenvalue weighted by Crippen LogP contribution is 2.40. The molecule has 0 aliphatic carbocycles. The van der Waals surface area contributed by atoms with Crippen molar-refractivity contribution in [3.63, 3.8) is 0 Å². The Morgan fingerprint density at radius 1 is 1.00 bits per heavy atom. The van der Waals surface area contributed by atoms with Crippen molar-refractivity contribution >= 4 is 21.8 Å². The summed E-state index contributed by atoms with van der Waals surface area (Å²) in [5.74, 6) is -2.57. The topological polar surface area (TPSA) is 86.3 Å². The zero-order valence-corrected chi connectivity index (χ0v) is 18.4. The Balaban J connectivity index is 2.01. The molecule has 0 saturated carbocycles. The molecule has 0 amide bonds. The number of aromatic nitrogens is 3. The molecule has 0 radical (unpaired) electrons. The molecule has 2 heterocycles. The molecule has 0 fully saturated rings. The number of rotatable bonds is 10. The van der Waals surface area contributed by atoms with Crippen LogP contribution in [0, 0.1) is 6.92 Å². The number of nitrogens with one attached hydrogen (secondary N) is 1. The van der Waals surface area contributed by atoms with Crippen LogP contribution in [0.15, 0.2) is 29.6 Å². The van der Waals surface area contributed by atoms with Crippen LogP contribution in [0.4, 0.5) is 35.1 Å². The minimum absolute atomic E-state index is 0.206. The van der Waals surface area contributed by atoms with Crippen LogP contribution in [-0.4, -0.2) is 51.3 Å². The number of hydrogen-bond acceptors (Lipinski definition) is 6. The van der Waals surface area contributed by atoms with Crippen molar-refractivity contribution < 1.29 is 53.5 Å². The quantitative estimate of drug-likeness (QED) is 0.367. The van der Waals surface area contributed by atoms with Crippen molar-refractivity contribution in [1.82, 2.24) is 15.0 Å². The number of H-pyrrole nitrogens is 1. The molecule has 3 rings (SSSR count). The summed E-state index contributed by atoms with van der Waals surface area (Å²) in [7, 11) is -0.543. The molecule has 1 aromatic carbocycles. The zero-order chi connectivity index (χ0) is 26.1. The van der Waals surface area contributed by atoms with Crippen LogP contribution >= 0.6 is 0 Å². The summed E-state index contributed by atoms with van der Waals surface area (Å²) >= 11 is 0. The van der Waals surface area contributed by atoms with Crippen LogP contribution in [0.3, 0.4) is 0 Å². The maximum absolute atomic E-state index is 13.4. The number of alkyl halides is 8. The lowest BCUT2D eigenvalue weighted by Crippen LogP contribution is -2.35. The minimum atomic E-state index is -5.18. The largest absolute Gasteiger partial charge is 0.496 e. The van der Waals surface area contributed by atoms with Gasteiger partial charge in [0.2, 0.25) is 0 Å². The number of nitrogens with zero attached hydrogens (tertiary/aromatic N) is 2. The van der Waals surface area contributed by atoms with Gasteiger partial charge in [0.05, 0.1) is 40.4 Å². The molecule has 2 aromatic heterocycles. The molecule has 0 spiro atoms. The minimum Gasteiger partial charge on any atom is -0.496 e. The summed E-state index contributed by atoms with van der Waals surface area (Å²) in [5.41, 5.74) is 0.312. The van der Waals surface area contributed by atoms with Gasteiger partial charge in [-0.25, -0.2) is 4.98 Å². The fourth-order valence-electron chi connectivity index (χ4n) is 2.76. The van der Waals surface area contributed by atoms with E-state index in [-0.39, 0.29) is 21.9 Å². The van der Waals surface area contributed by atoms with Crippen molar-refractivity contribution in [3.8, 4) is 17.2 Å². The van der Waals surface area contributed by atoms with E-state index in [0.717, 1.165) is 0 Å². The molecule has 0 saturated heterocycles. The van der Waals surface area contributed by atoms with Gasteiger partial charge in [0.15, 0.2) is 16.7 Å². The molecular weight excluding hydrogens is 518 g/mol. The molecule has 0 bridgehead atoms. The number of aromatic amines is 1. The SMILES string of the molecule is COc1ccnc(CS(=O)c2nc3cc(OC(F)(F)C(F)F)c(OC(F)(F)C(F)F)cc3[nH]2)c1C. The number of hydrogen-bond donors (Lipinski definition) is 1. The maximum Gasteiger partial charge on any atom is 0.461 e. The van der Waals surface area contributed by atoms with E-state index in [4.69, 9.17) is 4.74 Å². The molecule has 3 aromatic rings. The highest BCUT2D eigenvalue weighted by atomic mass is 32.2. The van der Waals surface area contributed by atoms with E-state index in [0.29, 0.717) is 29.1 Å². The maximum atomic E-state index is 13.4. The number of pyridine rings is 1. The molecule has 1 N–H and O–H groups in total. The first kappa shape index (κ1) is 26.4. The van der Waals surface area contributed by atoms with E-state index in [1.54, 1.807) is 13.0 Å². The van der Waals surface area contributed by atoms with Crippen LogP contribution in [-0.2, 0) is 16.6 Å². The Labute approximate surface area is 193 Å². The van der Waals surface area contributed by atoms with E-state index in [2.05, 4.69) is 24.4 Å². The first-order valence-corrected chi connectivity index (χ1v) is 10.7. The molecule has 192 valence electrons. The summed E-state index contributed by atoms with van der Waals surface area (Å²) in [6, 6.07) is 2.55. The molecular formula is C19H15F8N3O4S. The monoisotopic (exact) mass is 533 g/mol. The molecule has 0 aliphatic rings. The lowest BCUT2D eigenvalue weighted by Gasteiger charge is -2.22. The third kappa shape index (κ3) is 5.74. The van der Waals surface area contributed by atoms with E-state index in [1.165, 1.54) is 13.3 Å². The van der Waals surface area contributed by atoms with Crippen LogP contribution < -0.4 is 14.2 Å². The van der Waals surface area contributed by atoms with Crippen molar-refractivity contribution in [2.75, 3.05) is 7.11 Å². The van der Waals surface area contributed by atoms with Gasteiger partial charge in [0, 0.05) is 23.9 Å². The number of ether oxygens (including phenoxy) is 3. The van der Waals surface area contributed by atoms with E-state index >= 15 is 0 Å². The van der Waals surface area contributed by atoms with Crippen LogP contribution in [0.5, 0.6) is 17.2 Å². The van der Waals surface area contributed by atoms with Gasteiger partial charge in [-0.1, -0.05) is 0 Å². The summed E-state index contributed by atoms with van der Waals surface area (Å²) in [4.78, 5) is 10.4. The third-order valence-electron chi connectivity index (χ3n) is 4.49. The Morgan fingerprint density at radius 2 is 1.57 bits per heavy atom. The highest BCUT2D eigenvalue weighted by molar-refractivity contribution is 7.84. The summed E-state index contributed by atoms with van der Waals surface area (Å²) in [6.45, 7) is 1.65. The standard InChI is InChI=1S/C19H15F8N3O4S/c1-8-11(28-4-3-12(8)32-2)7-35(31)17-29-9-5-13(33-18(24,25)15(20)21)14(6-10(9)30-17)34-19(26,27)16(22)23/h3-6,15-16H,7H2,1-2H3,(H,29,30). The van der Waals surface area contributed by atoms with Crippen molar-refractivity contribution in [1.29, 1.82) is 0 Å². The van der Waals surface area contributed by atoms with E-state index < -0.39 is 47.4 Å². The number of fused-ring (bicyclic) bond motifs is 1. The lowest BCUT2D eigenvalue weighted by atomic mass is 10.2. The first-order chi connectivity index (χ1) is 16.2. The van der Waals surface area contributed by atoms with Crippen LogP contribution in [0.1, 0.15) is 11.3 Å². The fourth-order valence-corrected chi connectivity index (χ4v) is 3.86. The molecule has 1 atom stereocenters. The van der Waals surface area contributed by atoms with Crippen molar-refractivity contribution in [2.24, 2.45) is 0 Å². The second-order valence-electron chi connectivity index (χ2n) is 6.86. The summed E-state index contributed by atoms with van der Waals surface area (Å²) < 4.78 is 129. The van der Waals surface area contributed by atoms with Gasteiger partial charge < -0.3 is 19.2 Å². The summed E-state index contributed by atoms with van der Waals surface area (Å²) in [5, 5.41) is -0.284. The molecule has 0 aliphatic heterocycles. The Bertz CT molecular complexity index is 1180. The van der Waals surface area contributed by atoms with Gasteiger partial charge in [-0.2, -0.15) is 35.1 Å². The lowest BCUT2D eigenvalue weighted by molar-refractivity contribution is -0.264. The van der Waals surface area contributed by atoms with E-state index in [9.17, 15) is 39.3 Å². The second-order valence-corrected chi connectivity index (χ2v) is 8.23. The summed E-state index contributed by atoms with van der Waals surface area (Å²) in [6.07, 6.45) is -17.7. The van der Waals surface area contributed by atoms with Crippen LogP contribution in [0.2, 0.25) is 0 Å². The average Bonchev–Trinajstić information content (AvgIpc) is 3.17. The number of benzene rings is 1. The van der Waals surface area contributed by atoms with E-state index in [1.807, 2.05) is 0 Å². The van der Waals surface area contributed by atoms with Crippen LogP contribution in [0.25, 0.3) is 11.0 Å². The van der Waals surface area contributed by atoms with Gasteiger partial charge in [0.1, 0.15) is 5.75 Å². The molecule has 35 heavy (non-hydrogen) atoms. The highest BCUT2D eigenvalue weighted by Gasteiger charge is 2.47. The normalized spacial score (nSPS) is 13.5. The van der Waals surface area contributed by atoms with Gasteiger partial charge in [-0.3, -0.25) is 9.19 Å².